The number of benzene rings is 1. The second kappa shape index (κ2) is 5.86. The van der Waals surface area contributed by atoms with Crippen molar-refractivity contribution >= 4 is 34.3 Å². The zero-order chi connectivity index (χ0) is 15.8. The average molecular weight is 341 g/mol. The highest BCUT2D eigenvalue weighted by Gasteiger charge is 2.16. The fraction of sp³-hybridized carbons (Fsp3) is 0.235. The fourth-order valence-electron chi connectivity index (χ4n) is 2.71. The van der Waals surface area contributed by atoms with Crippen LogP contribution >= 0.6 is 22.7 Å². The number of hydrogen-bond donors (Lipinski definition) is 1. The molecule has 6 heteroatoms. The molecule has 1 aliphatic rings. The average Bonchev–Trinajstić information content (AvgIpc) is 3.16. The minimum Gasteiger partial charge on any atom is -0.326 e. The van der Waals surface area contributed by atoms with Crippen molar-refractivity contribution in [2.45, 2.75) is 26.2 Å². The Labute approximate surface area is 142 Å². The van der Waals surface area contributed by atoms with Crippen molar-refractivity contribution < 1.29 is 4.79 Å². The summed E-state index contributed by atoms with van der Waals surface area (Å²) in [7, 11) is 0. The van der Waals surface area contributed by atoms with E-state index in [1.807, 2.05) is 19.1 Å². The van der Waals surface area contributed by atoms with E-state index in [4.69, 9.17) is 4.98 Å². The van der Waals surface area contributed by atoms with Gasteiger partial charge in [0, 0.05) is 34.9 Å². The van der Waals surface area contributed by atoms with Crippen LogP contribution < -0.4 is 5.32 Å². The van der Waals surface area contributed by atoms with Gasteiger partial charge in [-0.3, -0.25) is 4.79 Å². The molecule has 0 saturated heterocycles. The summed E-state index contributed by atoms with van der Waals surface area (Å²) < 4.78 is 0. The fourth-order valence-corrected chi connectivity index (χ4v) is 4.14. The van der Waals surface area contributed by atoms with Crippen molar-refractivity contribution in [3.05, 3.63) is 50.2 Å². The number of aromatic nitrogens is 2. The first kappa shape index (κ1) is 14.5. The van der Waals surface area contributed by atoms with Crippen LogP contribution in [0, 0.1) is 6.92 Å². The Morgan fingerprint density at radius 2 is 2.09 bits per heavy atom. The van der Waals surface area contributed by atoms with E-state index in [1.165, 1.54) is 5.56 Å². The number of fused-ring (bicyclic) bond motifs is 1. The van der Waals surface area contributed by atoms with Gasteiger partial charge in [-0.25, -0.2) is 9.97 Å². The molecule has 0 bridgehead atoms. The quantitative estimate of drug-likeness (QED) is 0.782. The molecule has 0 fully saturated rings. The topological polar surface area (TPSA) is 54.9 Å². The summed E-state index contributed by atoms with van der Waals surface area (Å²) in [6, 6.07) is 6.14. The first-order chi connectivity index (χ1) is 11.2. The summed E-state index contributed by atoms with van der Waals surface area (Å²) in [6.45, 7) is 2.02. The maximum Gasteiger partial charge on any atom is 0.224 e. The normalized spacial score (nSPS) is 13.7. The van der Waals surface area contributed by atoms with E-state index in [1.54, 1.807) is 22.7 Å². The zero-order valence-corrected chi connectivity index (χ0v) is 14.3. The summed E-state index contributed by atoms with van der Waals surface area (Å²) in [6.07, 6.45) is 2.14. The Morgan fingerprint density at radius 1 is 1.17 bits per heavy atom. The molecule has 1 aliphatic heterocycles. The van der Waals surface area contributed by atoms with Crippen molar-refractivity contribution in [3.8, 4) is 11.3 Å². The molecule has 0 aliphatic carbocycles. The molecule has 1 N–H and O–H groups in total. The summed E-state index contributed by atoms with van der Waals surface area (Å²) in [5.74, 6) is 0.0970. The number of rotatable bonds is 3. The molecule has 1 amide bonds. The van der Waals surface area contributed by atoms with Gasteiger partial charge in [-0.15, -0.1) is 22.7 Å². The molecule has 4 nitrogen and oxygen atoms in total. The molecule has 2 aromatic heterocycles. The molecular formula is C17H15N3OS2. The lowest BCUT2D eigenvalue weighted by molar-refractivity contribution is -0.116. The van der Waals surface area contributed by atoms with Gasteiger partial charge in [-0.2, -0.15) is 0 Å². The SMILES string of the molecule is Cc1nc(Cc2nc(-c3ccc4c(c3)CCC(=O)N4)cs2)cs1. The van der Waals surface area contributed by atoms with E-state index in [2.05, 4.69) is 27.1 Å². The summed E-state index contributed by atoms with van der Waals surface area (Å²) in [5.41, 5.74) is 5.31. The number of anilines is 1. The highest BCUT2D eigenvalue weighted by molar-refractivity contribution is 7.10. The second-order valence-electron chi connectivity index (χ2n) is 5.58. The van der Waals surface area contributed by atoms with Crippen LogP contribution in [-0.2, 0) is 17.6 Å². The molecule has 3 heterocycles. The van der Waals surface area contributed by atoms with Crippen LogP contribution in [-0.4, -0.2) is 15.9 Å². The number of nitrogens with one attached hydrogen (secondary N) is 1. The van der Waals surface area contributed by atoms with Gasteiger partial charge in [0.2, 0.25) is 5.91 Å². The molecule has 0 unspecified atom stereocenters. The van der Waals surface area contributed by atoms with Crippen LogP contribution in [0.15, 0.2) is 29.0 Å². The van der Waals surface area contributed by atoms with Crippen LogP contribution in [0.5, 0.6) is 0 Å². The third-order valence-electron chi connectivity index (χ3n) is 3.85. The Balaban J connectivity index is 1.58. The molecule has 116 valence electrons. The molecule has 0 radical (unpaired) electrons. The first-order valence-electron chi connectivity index (χ1n) is 7.46. The number of carbonyl (C=O) groups is 1. The van der Waals surface area contributed by atoms with Crippen LogP contribution in [0.25, 0.3) is 11.3 Å². The molecule has 23 heavy (non-hydrogen) atoms. The zero-order valence-electron chi connectivity index (χ0n) is 12.6. The van der Waals surface area contributed by atoms with Crippen LogP contribution in [0.1, 0.15) is 27.7 Å². The van der Waals surface area contributed by atoms with E-state index in [9.17, 15) is 4.79 Å². The molecule has 3 aromatic rings. The third-order valence-corrected chi connectivity index (χ3v) is 5.52. The monoisotopic (exact) mass is 341 g/mol. The van der Waals surface area contributed by atoms with Crippen LogP contribution in [0.4, 0.5) is 5.69 Å². The van der Waals surface area contributed by atoms with Gasteiger partial charge in [0.05, 0.1) is 21.4 Å². The number of nitrogens with zero attached hydrogens (tertiary/aromatic N) is 2. The number of thiazole rings is 2. The number of carbonyl (C=O) groups excluding carboxylic acids is 1. The highest BCUT2D eigenvalue weighted by atomic mass is 32.1. The maximum absolute atomic E-state index is 11.4. The van der Waals surface area contributed by atoms with E-state index in [-0.39, 0.29) is 5.91 Å². The molecule has 0 saturated carbocycles. The van der Waals surface area contributed by atoms with E-state index in [0.29, 0.717) is 6.42 Å². The maximum atomic E-state index is 11.4. The van der Waals surface area contributed by atoms with Crippen molar-refractivity contribution in [2.75, 3.05) is 5.32 Å². The number of aryl methyl sites for hydroxylation is 2. The minimum absolute atomic E-state index is 0.0970. The van der Waals surface area contributed by atoms with Crippen LogP contribution in [0.2, 0.25) is 0 Å². The summed E-state index contributed by atoms with van der Waals surface area (Å²) in [5, 5.41) is 9.28. The van der Waals surface area contributed by atoms with Gasteiger partial charge in [-0.1, -0.05) is 6.07 Å². The first-order valence-corrected chi connectivity index (χ1v) is 9.22. The van der Waals surface area contributed by atoms with Gasteiger partial charge in [0.15, 0.2) is 0 Å². The van der Waals surface area contributed by atoms with Crippen molar-refractivity contribution in [3.63, 3.8) is 0 Å². The predicted molar refractivity (Wildman–Crippen MR) is 94.2 cm³/mol. The highest BCUT2D eigenvalue weighted by Crippen LogP contribution is 2.30. The molecule has 1 aromatic carbocycles. The standard InChI is InChI=1S/C17H15N3OS2/c1-10-18-13(8-22-10)7-17-20-15(9-23-17)12-2-4-14-11(6-12)3-5-16(21)19-14/h2,4,6,8-9H,3,5,7H2,1H3,(H,19,21). The number of hydrogen-bond acceptors (Lipinski definition) is 5. The van der Waals surface area contributed by atoms with Gasteiger partial charge in [-0.05, 0) is 31.0 Å². The Kier molecular flexibility index (Phi) is 3.71. The smallest absolute Gasteiger partial charge is 0.224 e. The van der Waals surface area contributed by atoms with Crippen molar-refractivity contribution in [1.29, 1.82) is 0 Å². The Hall–Kier alpha value is -2.05. The van der Waals surface area contributed by atoms with E-state index in [0.717, 1.165) is 45.5 Å². The molecule has 4 rings (SSSR count). The van der Waals surface area contributed by atoms with Gasteiger partial charge in [0.1, 0.15) is 0 Å². The van der Waals surface area contributed by atoms with Crippen LogP contribution in [0.3, 0.4) is 0 Å². The third kappa shape index (κ3) is 3.04. The van der Waals surface area contributed by atoms with Gasteiger partial charge >= 0.3 is 0 Å². The second-order valence-corrected chi connectivity index (χ2v) is 7.59. The summed E-state index contributed by atoms with van der Waals surface area (Å²) in [4.78, 5) is 20.7. The predicted octanol–water partition coefficient (Wildman–Crippen LogP) is 4.05. The van der Waals surface area contributed by atoms with Crippen molar-refractivity contribution in [1.82, 2.24) is 9.97 Å². The number of amides is 1. The lowest BCUT2D eigenvalue weighted by atomic mass is 9.99. The molecule has 0 spiro atoms. The summed E-state index contributed by atoms with van der Waals surface area (Å²) >= 11 is 3.34. The lowest BCUT2D eigenvalue weighted by Gasteiger charge is -2.17. The minimum atomic E-state index is 0.0970. The largest absolute Gasteiger partial charge is 0.326 e. The van der Waals surface area contributed by atoms with E-state index < -0.39 is 0 Å². The lowest BCUT2D eigenvalue weighted by Crippen LogP contribution is -2.18. The van der Waals surface area contributed by atoms with E-state index >= 15 is 0 Å². The Bertz CT molecular complexity index is 882. The van der Waals surface area contributed by atoms with Gasteiger partial charge < -0.3 is 5.32 Å². The molecule has 0 atom stereocenters. The van der Waals surface area contributed by atoms with Gasteiger partial charge in [0.25, 0.3) is 0 Å². The van der Waals surface area contributed by atoms with Crippen molar-refractivity contribution in [2.24, 2.45) is 0 Å². The Morgan fingerprint density at radius 3 is 2.91 bits per heavy atom. The molecular weight excluding hydrogens is 326 g/mol.